The number of nitro benzene ring substituents is 1. The lowest BCUT2D eigenvalue weighted by Gasteiger charge is -2.12. The number of nitrogens with one attached hydrogen (secondary N) is 1. The number of hydrogen-bond acceptors (Lipinski definition) is 6. The average molecular weight is 419 g/mol. The van der Waals surface area contributed by atoms with Gasteiger partial charge in [-0.05, 0) is 31.5 Å². The number of rotatable bonds is 8. The maximum atomic E-state index is 12.8. The third kappa shape index (κ3) is 5.61. The van der Waals surface area contributed by atoms with Crippen LogP contribution in [0.25, 0.3) is 0 Å². The van der Waals surface area contributed by atoms with Crippen LogP contribution in [0.1, 0.15) is 46.5 Å². The summed E-state index contributed by atoms with van der Waals surface area (Å²) in [5, 5.41) is 13.6. The first kappa shape index (κ1) is 22.0. The van der Waals surface area contributed by atoms with Crippen LogP contribution in [-0.2, 0) is 9.53 Å². The smallest absolute Gasteiger partial charge is 0.339 e. The van der Waals surface area contributed by atoms with Gasteiger partial charge in [0, 0.05) is 23.2 Å². The van der Waals surface area contributed by atoms with Gasteiger partial charge in [-0.2, -0.15) is 0 Å². The number of esters is 1. The molecule has 1 atom stereocenters. The van der Waals surface area contributed by atoms with Crippen molar-refractivity contribution in [2.24, 2.45) is 0 Å². The van der Waals surface area contributed by atoms with Crippen LogP contribution in [-0.4, -0.2) is 35.2 Å². The fraction of sp³-hybridized carbons (Fsp3) is 0.250. The second-order valence-electron chi connectivity index (χ2n) is 6.25. The standard InChI is InChI=1S/C20H19ClN2O6/c1-3-12(2)22-18(24)11-29-20(26)15-7-5-4-6-14(15)19(25)13-8-9-16(21)17(10-13)23(27)28/h4-10,12H,3,11H2,1-2H3,(H,22,24)/t12-/m1/s1. The van der Waals surface area contributed by atoms with E-state index in [1.807, 2.05) is 13.8 Å². The van der Waals surface area contributed by atoms with E-state index in [2.05, 4.69) is 5.32 Å². The van der Waals surface area contributed by atoms with Gasteiger partial charge in [0.25, 0.3) is 11.6 Å². The Morgan fingerprint density at radius 1 is 1.17 bits per heavy atom. The van der Waals surface area contributed by atoms with Crippen molar-refractivity contribution >= 4 is 34.9 Å². The normalized spacial score (nSPS) is 11.4. The summed E-state index contributed by atoms with van der Waals surface area (Å²) in [5.74, 6) is -1.91. The minimum absolute atomic E-state index is 0.00328. The van der Waals surface area contributed by atoms with Gasteiger partial charge in [-0.3, -0.25) is 19.7 Å². The van der Waals surface area contributed by atoms with E-state index < -0.39 is 34.9 Å². The highest BCUT2D eigenvalue weighted by Gasteiger charge is 2.22. The van der Waals surface area contributed by atoms with Crippen molar-refractivity contribution in [2.75, 3.05) is 6.61 Å². The first-order valence-corrected chi connectivity index (χ1v) is 9.16. The summed E-state index contributed by atoms with van der Waals surface area (Å²) in [5.41, 5.74) is -0.474. The van der Waals surface area contributed by atoms with Crippen molar-refractivity contribution in [1.29, 1.82) is 0 Å². The van der Waals surface area contributed by atoms with Crippen LogP contribution in [0.4, 0.5) is 5.69 Å². The molecule has 0 unspecified atom stereocenters. The molecular weight excluding hydrogens is 400 g/mol. The molecule has 0 aliphatic carbocycles. The van der Waals surface area contributed by atoms with E-state index >= 15 is 0 Å². The van der Waals surface area contributed by atoms with Gasteiger partial charge >= 0.3 is 5.97 Å². The van der Waals surface area contributed by atoms with Gasteiger partial charge in [-0.15, -0.1) is 0 Å². The number of carbonyl (C=O) groups excluding carboxylic acids is 3. The highest BCUT2D eigenvalue weighted by molar-refractivity contribution is 6.33. The molecule has 0 saturated carbocycles. The number of ketones is 1. The van der Waals surface area contributed by atoms with E-state index in [0.29, 0.717) is 0 Å². The van der Waals surface area contributed by atoms with Crippen molar-refractivity contribution < 1.29 is 24.0 Å². The Labute approximate surface area is 172 Å². The van der Waals surface area contributed by atoms with Crippen LogP contribution < -0.4 is 5.32 Å². The Balaban J connectivity index is 2.23. The van der Waals surface area contributed by atoms with Gasteiger partial charge in [-0.1, -0.05) is 36.7 Å². The van der Waals surface area contributed by atoms with E-state index in [-0.39, 0.29) is 27.8 Å². The van der Waals surface area contributed by atoms with Crippen molar-refractivity contribution in [3.05, 3.63) is 74.3 Å². The van der Waals surface area contributed by atoms with Gasteiger partial charge in [0.1, 0.15) is 5.02 Å². The molecule has 1 amide bonds. The van der Waals surface area contributed by atoms with E-state index in [4.69, 9.17) is 16.3 Å². The average Bonchev–Trinajstić information content (AvgIpc) is 2.71. The molecule has 152 valence electrons. The number of amides is 1. The molecule has 0 radical (unpaired) electrons. The fourth-order valence-electron chi connectivity index (χ4n) is 2.44. The molecule has 0 aliphatic rings. The molecule has 29 heavy (non-hydrogen) atoms. The molecule has 0 heterocycles. The Morgan fingerprint density at radius 3 is 2.45 bits per heavy atom. The van der Waals surface area contributed by atoms with Crippen molar-refractivity contribution in [3.8, 4) is 0 Å². The Bertz CT molecular complexity index is 960. The number of halogens is 1. The molecular formula is C20H19ClN2O6. The third-order valence-corrected chi connectivity index (χ3v) is 4.47. The van der Waals surface area contributed by atoms with E-state index in [1.165, 1.54) is 30.3 Å². The van der Waals surface area contributed by atoms with Crippen molar-refractivity contribution in [2.45, 2.75) is 26.3 Å². The van der Waals surface area contributed by atoms with E-state index in [1.54, 1.807) is 6.07 Å². The minimum atomic E-state index is -0.850. The quantitative estimate of drug-likeness (QED) is 0.303. The summed E-state index contributed by atoms with van der Waals surface area (Å²) in [6, 6.07) is 9.43. The Hall–Kier alpha value is -3.26. The maximum Gasteiger partial charge on any atom is 0.339 e. The fourth-order valence-corrected chi connectivity index (χ4v) is 2.62. The SMILES string of the molecule is CC[C@@H](C)NC(=O)COC(=O)c1ccccc1C(=O)c1ccc(Cl)c([N+](=O)[O-])c1. The molecule has 9 heteroatoms. The summed E-state index contributed by atoms with van der Waals surface area (Å²) >= 11 is 5.78. The zero-order valence-electron chi connectivity index (χ0n) is 15.8. The minimum Gasteiger partial charge on any atom is -0.452 e. The highest BCUT2D eigenvalue weighted by atomic mass is 35.5. The lowest BCUT2D eigenvalue weighted by Crippen LogP contribution is -2.35. The molecule has 0 bridgehead atoms. The Kier molecular flexibility index (Phi) is 7.44. The van der Waals surface area contributed by atoms with Gasteiger partial charge in [0.2, 0.25) is 0 Å². The summed E-state index contributed by atoms with van der Waals surface area (Å²) in [6.07, 6.45) is 0.726. The molecule has 0 aliphatic heterocycles. The molecule has 0 saturated heterocycles. The first-order valence-electron chi connectivity index (χ1n) is 8.78. The number of hydrogen-bond donors (Lipinski definition) is 1. The van der Waals surface area contributed by atoms with Crippen LogP contribution in [0.2, 0.25) is 5.02 Å². The van der Waals surface area contributed by atoms with Crippen LogP contribution in [0.15, 0.2) is 42.5 Å². The number of benzene rings is 2. The second-order valence-corrected chi connectivity index (χ2v) is 6.66. The van der Waals surface area contributed by atoms with Gasteiger partial charge < -0.3 is 10.1 Å². The predicted molar refractivity (Wildman–Crippen MR) is 106 cm³/mol. The lowest BCUT2D eigenvalue weighted by molar-refractivity contribution is -0.384. The lowest BCUT2D eigenvalue weighted by atomic mass is 9.98. The molecule has 0 fully saturated rings. The summed E-state index contributed by atoms with van der Waals surface area (Å²) < 4.78 is 5.01. The molecule has 2 rings (SSSR count). The maximum absolute atomic E-state index is 12.8. The second kappa shape index (κ2) is 9.79. The summed E-state index contributed by atoms with van der Waals surface area (Å²) in [6.45, 7) is 3.23. The molecule has 1 N–H and O–H groups in total. The van der Waals surface area contributed by atoms with Crippen molar-refractivity contribution in [3.63, 3.8) is 0 Å². The van der Waals surface area contributed by atoms with Crippen LogP contribution in [0.5, 0.6) is 0 Å². The summed E-state index contributed by atoms with van der Waals surface area (Å²) in [7, 11) is 0. The monoisotopic (exact) mass is 418 g/mol. The Morgan fingerprint density at radius 2 is 1.83 bits per heavy atom. The summed E-state index contributed by atoms with van der Waals surface area (Å²) in [4.78, 5) is 47.4. The first-order chi connectivity index (χ1) is 13.7. The molecule has 0 aromatic heterocycles. The predicted octanol–water partition coefficient (Wildman–Crippen LogP) is 3.55. The number of nitrogens with zero attached hydrogens (tertiary/aromatic N) is 1. The van der Waals surface area contributed by atoms with Crippen LogP contribution >= 0.6 is 11.6 Å². The number of carbonyl (C=O) groups is 3. The molecule has 8 nitrogen and oxygen atoms in total. The highest BCUT2D eigenvalue weighted by Crippen LogP contribution is 2.27. The molecule has 2 aromatic carbocycles. The van der Waals surface area contributed by atoms with Gasteiger partial charge in [0.15, 0.2) is 12.4 Å². The third-order valence-electron chi connectivity index (χ3n) is 4.15. The van der Waals surface area contributed by atoms with Gasteiger partial charge in [-0.25, -0.2) is 4.79 Å². The van der Waals surface area contributed by atoms with E-state index in [0.717, 1.165) is 12.5 Å². The van der Waals surface area contributed by atoms with Gasteiger partial charge in [0.05, 0.1) is 10.5 Å². The zero-order chi connectivity index (χ0) is 21.6. The van der Waals surface area contributed by atoms with Crippen LogP contribution in [0, 0.1) is 10.1 Å². The molecule has 0 spiro atoms. The van der Waals surface area contributed by atoms with Crippen LogP contribution in [0.3, 0.4) is 0 Å². The topological polar surface area (TPSA) is 116 Å². The number of nitro groups is 1. The van der Waals surface area contributed by atoms with E-state index in [9.17, 15) is 24.5 Å². The molecule has 2 aromatic rings. The zero-order valence-corrected chi connectivity index (χ0v) is 16.6. The number of ether oxygens (including phenoxy) is 1. The van der Waals surface area contributed by atoms with Crippen molar-refractivity contribution in [1.82, 2.24) is 5.32 Å². The largest absolute Gasteiger partial charge is 0.452 e.